The minimum absolute atomic E-state index is 0.0105. The summed E-state index contributed by atoms with van der Waals surface area (Å²) in [5.74, 6) is -0.396. The fourth-order valence-corrected chi connectivity index (χ4v) is 3.86. The van der Waals surface area contributed by atoms with Gasteiger partial charge in [-0.3, -0.25) is 4.79 Å². The zero-order valence-corrected chi connectivity index (χ0v) is 14.4. The molecule has 1 amide bonds. The smallest absolute Gasteiger partial charge is 0.251 e. The van der Waals surface area contributed by atoms with Gasteiger partial charge in [-0.25, -0.2) is 13.6 Å². The summed E-state index contributed by atoms with van der Waals surface area (Å²) in [5, 5.41) is 11.3. The van der Waals surface area contributed by atoms with Gasteiger partial charge in [0, 0.05) is 17.3 Å². The van der Waals surface area contributed by atoms with E-state index in [2.05, 4.69) is 10.6 Å². The van der Waals surface area contributed by atoms with Gasteiger partial charge in [-0.05, 0) is 36.8 Å². The van der Waals surface area contributed by atoms with E-state index in [1.807, 2.05) is 31.2 Å². The first-order valence-electron chi connectivity index (χ1n) is 7.26. The molecule has 0 unspecified atom stereocenters. The van der Waals surface area contributed by atoms with E-state index in [-0.39, 0.29) is 27.6 Å². The molecule has 0 saturated heterocycles. The van der Waals surface area contributed by atoms with E-state index >= 15 is 0 Å². The zero-order chi connectivity index (χ0) is 17.5. The maximum absolute atomic E-state index is 12.5. The van der Waals surface area contributed by atoms with Crippen LogP contribution in [0.2, 0.25) is 5.02 Å². The van der Waals surface area contributed by atoms with Crippen molar-refractivity contribution in [1.29, 1.82) is 0 Å². The van der Waals surface area contributed by atoms with Gasteiger partial charge in [-0.1, -0.05) is 29.8 Å². The van der Waals surface area contributed by atoms with Crippen molar-refractivity contribution in [1.82, 2.24) is 5.32 Å². The van der Waals surface area contributed by atoms with Crippen molar-refractivity contribution in [3.05, 3.63) is 58.6 Å². The Morgan fingerprint density at radius 1 is 1.25 bits per heavy atom. The summed E-state index contributed by atoms with van der Waals surface area (Å²) in [6.45, 7) is 1.96. The summed E-state index contributed by atoms with van der Waals surface area (Å²) < 4.78 is 23.1. The van der Waals surface area contributed by atoms with Crippen molar-refractivity contribution in [3.8, 4) is 0 Å². The summed E-state index contributed by atoms with van der Waals surface area (Å²) in [6.07, 6.45) is 0. The van der Waals surface area contributed by atoms with Crippen LogP contribution in [0.4, 0.5) is 5.69 Å². The topological polar surface area (TPSA) is 101 Å². The molecule has 0 radical (unpaired) electrons. The lowest BCUT2D eigenvalue weighted by atomic mass is 10.0. The molecule has 6 nitrogen and oxygen atoms in total. The second-order valence-corrected chi connectivity index (χ2v) is 7.60. The van der Waals surface area contributed by atoms with Gasteiger partial charge in [0.2, 0.25) is 10.0 Å². The van der Waals surface area contributed by atoms with E-state index < -0.39 is 15.9 Å². The quantitative estimate of drug-likeness (QED) is 0.776. The Morgan fingerprint density at radius 3 is 2.67 bits per heavy atom. The molecule has 8 heteroatoms. The highest BCUT2D eigenvalue weighted by Gasteiger charge is 2.30. The molecule has 1 aliphatic rings. The summed E-state index contributed by atoms with van der Waals surface area (Å²) in [4.78, 5) is 12.3. The number of nitrogens with one attached hydrogen (secondary N) is 2. The van der Waals surface area contributed by atoms with E-state index in [1.165, 1.54) is 18.2 Å². The average molecular weight is 366 g/mol. The van der Waals surface area contributed by atoms with Crippen molar-refractivity contribution in [2.24, 2.45) is 5.14 Å². The van der Waals surface area contributed by atoms with Gasteiger partial charge in [-0.15, -0.1) is 0 Å². The number of para-hydroxylation sites is 1. The number of anilines is 1. The zero-order valence-electron chi connectivity index (χ0n) is 12.8. The van der Waals surface area contributed by atoms with Crippen LogP contribution < -0.4 is 15.8 Å². The molecule has 24 heavy (non-hydrogen) atoms. The number of nitrogens with two attached hydrogens (primary N) is 1. The van der Waals surface area contributed by atoms with Crippen LogP contribution in [0.5, 0.6) is 0 Å². The van der Waals surface area contributed by atoms with Crippen molar-refractivity contribution >= 4 is 33.2 Å². The summed E-state index contributed by atoms with van der Waals surface area (Å²) in [7, 11) is -4.00. The SMILES string of the molecule is C[C@@H]1Nc2ccccc2[C@@H]1NC(=O)c1ccc(Cl)c(S(N)(=O)=O)c1. The van der Waals surface area contributed by atoms with Crippen molar-refractivity contribution in [3.63, 3.8) is 0 Å². The van der Waals surface area contributed by atoms with Crippen LogP contribution in [-0.4, -0.2) is 20.4 Å². The van der Waals surface area contributed by atoms with Crippen molar-refractivity contribution < 1.29 is 13.2 Å². The molecule has 2 aromatic carbocycles. The number of hydrogen-bond donors (Lipinski definition) is 3. The Kier molecular flexibility index (Phi) is 4.25. The highest BCUT2D eigenvalue weighted by atomic mass is 35.5. The van der Waals surface area contributed by atoms with Gasteiger partial charge in [0.1, 0.15) is 4.90 Å². The maximum atomic E-state index is 12.5. The number of halogens is 1. The minimum atomic E-state index is -4.00. The Morgan fingerprint density at radius 2 is 1.96 bits per heavy atom. The van der Waals surface area contributed by atoms with Crippen LogP contribution in [0.25, 0.3) is 0 Å². The number of amides is 1. The number of sulfonamides is 1. The summed E-state index contributed by atoms with van der Waals surface area (Å²) in [5.41, 5.74) is 2.13. The highest BCUT2D eigenvalue weighted by Crippen LogP contribution is 2.34. The summed E-state index contributed by atoms with van der Waals surface area (Å²) in [6, 6.07) is 11.5. The second kappa shape index (κ2) is 6.08. The standard InChI is InChI=1S/C16H16ClN3O3S/c1-9-15(11-4-2-3-5-13(11)19-9)20-16(21)10-6-7-12(17)14(8-10)24(18,22)23/h2-9,15,19H,1H3,(H,20,21)(H2,18,22,23)/t9-,15+/m0/s1. The molecular formula is C16H16ClN3O3S. The van der Waals surface area contributed by atoms with E-state index in [0.29, 0.717) is 0 Å². The molecular weight excluding hydrogens is 350 g/mol. The highest BCUT2D eigenvalue weighted by molar-refractivity contribution is 7.89. The molecule has 1 heterocycles. The Bertz CT molecular complexity index is 915. The van der Waals surface area contributed by atoms with Crippen LogP contribution in [0.3, 0.4) is 0 Å². The predicted molar refractivity (Wildman–Crippen MR) is 92.6 cm³/mol. The number of benzene rings is 2. The van der Waals surface area contributed by atoms with E-state index in [1.54, 1.807) is 0 Å². The molecule has 126 valence electrons. The van der Waals surface area contributed by atoms with Gasteiger partial charge < -0.3 is 10.6 Å². The number of rotatable bonds is 3. The third-order valence-corrected chi connectivity index (χ3v) is 5.36. The maximum Gasteiger partial charge on any atom is 0.251 e. The largest absolute Gasteiger partial charge is 0.380 e. The molecule has 0 spiro atoms. The van der Waals surface area contributed by atoms with Gasteiger partial charge in [-0.2, -0.15) is 0 Å². The first-order valence-corrected chi connectivity index (χ1v) is 9.18. The van der Waals surface area contributed by atoms with Gasteiger partial charge in [0.05, 0.1) is 11.1 Å². The molecule has 1 aliphatic heterocycles. The van der Waals surface area contributed by atoms with Gasteiger partial charge in [0.15, 0.2) is 0 Å². The van der Waals surface area contributed by atoms with Gasteiger partial charge >= 0.3 is 0 Å². The van der Waals surface area contributed by atoms with E-state index in [9.17, 15) is 13.2 Å². The van der Waals surface area contributed by atoms with E-state index in [0.717, 1.165) is 11.3 Å². The first-order chi connectivity index (χ1) is 11.3. The second-order valence-electron chi connectivity index (χ2n) is 5.66. The minimum Gasteiger partial charge on any atom is -0.380 e. The Labute approximate surface area is 145 Å². The molecule has 4 N–H and O–H groups in total. The first kappa shape index (κ1) is 16.8. The molecule has 0 saturated carbocycles. The van der Waals surface area contributed by atoms with Crippen molar-refractivity contribution in [2.75, 3.05) is 5.32 Å². The monoisotopic (exact) mass is 365 g/mol. The lowest BCUT2D eigenvalue weighted by Crippen LogP contribution is -2.34. The molecule has 3 rings (SSSR count). The fourth-order valence-electron chi connectivity index (χ4n) is 2.79. The third kappa shape index (κ3) is 3.10. The molecule has 2 aromatic rings. The van der Waals surface area contributed by atoms with Crippen molar-refractivity contribution in [2.45, 2.75) is 23.9 Å². The Hall–Kier alpha value is -2.09. The fraction of sp³-hybridized carbons (Fsp3) is 0.188. The predicted octanol–water partition coefficient (Wildman–Crippen LogP) is 2.27. The van der Waals surface area contributed by atoms with Crippen LogP contribution in [0.1, 0.15) is 28.9 Å². The molecule has 0 aromatic heterocycles. The normalized spacial score (nSPS) is 19.5. The van der Waals surface area contributed by atoms with Crippen LogP contribution in [-0.2, 0) is 10.0 Å². The number of carbonyl (C=O) groups excluding carboxylic acids is 1. The lowest BCUT2D eigenvalue weighted by Gasteiger charge is -2.18. The van der Waals surface area contributed by atoms with Crippen LogP contribution >= 0.6 is 11.6 Å². The molecule has 0 aliphatic carbocycles. The Balaban J connectivity index is 1.89. The number of carbonyl (C=O) groups is 1. The molecule has 2 atom stereocenters. The van der Waals surface area contributed by atoms with Crippen LogP contribution in [0.15, 0.2) is 47.4 Å². The van der Waals surface area contributed by atoms with Gasteiger partial charge in [0.25, 0.3) is 5.91 Å². The third-order valence-electron chi connectivity index (χ3n) is 3.97. The number of fused-ring (bicyclic) bond motifs is 1. The van der Waals surface area contributed by atoms with Crippen LogP contribution in [0, 0.1) is 0 Å². The van der Waals surface area contributed by atoms with E-state index in [4.69, 9.17) is 16.7 Å². The molecule has 0 bridgehead atoms. The molecule has 0 fully saturated rings. The number of primary sulfonamides is 1. The average Bonchev–Trinajstić information content (AvgIpc) is 2.82. The number of hydrogen-bond acceptors (Lipinski definition) is 4. The summed E-state index contributed by atoms with van der Waals surface area (Å²) >= 11 is 5.85. The lowest BCUT2D eigenvalue weighted by molar-refractivity contribution is 0.0934.